The Labute approximate surface area is 148 Å². The number of hydrogen-bond donors (Lipinski definition) is 2. The van der Waals surface area contributed by atoms with Gasteiger partial charge in [0.2, 0.25) is 17.7 Å². The number of anilines is 1. The van der Waals surface area contributed by atoms with E-state index < -0.39 is 5.82 Å². The van der Waals surface area contributed by atoms with Crippen molar-refractivity contribution in [2.45, 2.75) is 25.2 Å². The van der Waals surface area contributed by atoms with Crippen molar-refractivity contribution in [2.75, 3.05) is 5.73 Å². The van der Waals surface area contributed by atoms with Gasteiger partial charge in [0.05, 0.1) is 6.07 Å². The summed E-state index contributed by atoms with van der Waals surface area (Å²) in [7, 11) is 0. The molecule has 1 fully saturated rings. The van der Waals surface area contributed by atoms with Crippen molar-refractivity contribution in [1.82, 2.24) is 19.9 Å². The number of aromatic hydroxyl groups is 1. The zero-order valence-electron chi connectivity index (χ0n) is 13.8. The van der Waals surface area contributed by atoms with Gasteiger partial charge >= 0.3 is 0 Å². The van der Waals surface area contributed by atoms with Gasteiger partial charge in [0.15, 0.2) is 11.6 Å². The van der Waals surface area contributed by atoms with Crippen LogP contribution >= 0.6 is 0 Å². The normalized spacial score (nSPS) is 14.0. The lowest BCUT2D eigenvalue weighted by molar-refractivity contribution is 0.374. The van der Waals surface area contributed by atoms with Crippen LogP contribution in [0, 0.1) is 5.82 Å². The maximum absolute atomic E-state index is 15.3. The van der Waals surface area contributed by atoms with Crippen LogP contribution in [0.2, 0.25) is 0 Å². The van der Waals surface area contributed by atoms with Crippen LogP contribution in [0.4, 0.5) is 10.3 Å². The van der Waals surface area contributed by atoms with E-state index in [1.54, 1.807) is 6.07 Å². The third-order valence-electron chi connectivity index (χ3n) is 4.49. The molecule has 1 saturated carbocycles. The Morgan fingerprint density at radius 3 is 2.54 bits per heavy atom. The van der Waals surface area contributed by atoms with E-state index in [0.717, 1.165) is 31.2 Å². The predicted molar refractivity (Wildman–Crippen MR) is 92.2 cm³/mol. The quantitative estimate of drug-likeness (QED) is 0.740. The molecular weight excluding hydrogens is 337 g/mol. The van der Waals surface area contributed by atoms with Crippen LogP contribution < -0.4 is 10.5 Å². The highest BCUT2D eigenvalue weighted by Gasteiger charge is 2.27. The van der Waals surface area contributed by atoms with Gasteiger partial charge in [-0.05, 0) is 18.8 Å². The standard InChI is InChI=1S/C18H16FN5O2/c19-16-12(11-7-21-18(20)22-8-11)4-5-13(10-2-1-3-10)17(16)26-15-6-14(25)23-9-24-15/h4-10H,1-3H2,(H2,20,21,22)(H,23,24,25). The fourth-order valence-electron chi connectivity index (χ4n) is 2.91. The largest absolute Gasteiger partial charge is 0.493 e. The topological polar surface area (TPSA) is 107 Å². The molecule has 0 unspecified atom stereocenters. The highest BCUT2D eigenvalue weighted by molar-refractivity contribution is 5.66. The molecule has 0 atom stereocenters. The van der Waals surface area contributed by atoms with Crippen LogP contribution in [0.1, 0.15) is 30.7 Å². The molecule has 0 spiro atoms. The smallest absolute Gasteiger partial charge is 0.226 e. The van der Waals surface area contributed by atoms with E-state index in [0.29, 0.717) is 11.1 Å². The summed E-state index contributed by atoms with van der Waals surface area (Å²) >= 11 is 0. The Kier molecular flexibility index (Phi) is 4.08. The van der Waals surface area contributed by atoms with Crippen molar-refractivity contribution in [1.29, 1.82) is 0 Å². The average molecular weight is 353 g/mol. The molecule has 2 heterocycles. The number of aromatic nitrogens is 4. The van der Waals surface area contributed by atoms with Gasteiger partial charge in [-0.1, -0.05) is 18.6 Å². The number of nitrogen functional groups attached to an aromatic ring is 1. The van der Waals surface area contributed by atoms with Crippen LogP contribution in [-0.2, 0) is 0 Å². The first-order valence-electron chi connectivity index (χ1n) is 8.21. The van der Waals surface area contributed by atoms with Gasteiger partial charge in [-0.25, -0.2) is 24.3 Å². The average Bonchev–Trinajstić information content (AvgIpc) is 2.58. The van der Waals surface area contributed by atoms with Gasteiger partial charge in [0.1, 0.15) is 6.33 Å². The van der Waals surface area contributed by atoms with E-state index in [1.165, 1.54) is 18.5 Å². The van der Waals surface area contributed by atoms with Crippen LogP contribution in [-0.4, -0.2) is 25.0 Å². The Morgan fingerprint density at radius 1 is 1.12 bits per heavy atom. The van der Waals surface area contributed by atoms with Crippen LogP contribution in [0.3, 0.4) is 0 Å². The molecule has 2 aromatic heterocycles. The van der Waals surface area contributed by atoms with Gasteiger partial charge in [-0.3, -0.25) is 0 Å². The molecule has 3 aromatic rings. The summed E-state index contributed by atoms with van der Waals surface area (Å²) in [6, 6.07) is 4.79. The number of benzene rings is 1. The van der Waals surface area contributed by atoms with Gasteiger partial charge in [-0.2, -0.15) is 0 Å². The zero-order chi connectivity index (χ0) is 18.1. The molecule has 0 amide bonds. The first kappa shape index (κ1) is 16.2. The maximum atomic E-state index is 15.3. The number of rotatable bonds is 4. The summed E-state index contributed by atoms with van der Waals surface area (Å²) in [5.41, 5.74) is 7.08. The summed E-state index contributed by atoms with van der Waals surface area (Å²) in [4.78, 5) is 15.4. The van der Waals surface area contributed by atoms with Crippen molar-refractivity contribution >= 4 is 5.95 Å². The number of nitrogens with two attached hydrogens (primary N) is 1. The molecule has 4 rings (SSSR count). The lowest BCUT2D eigenvalue weighted by Gasteiger charge is -2.28. The molecule has 1 aliphatic rings. The summed E-state index contributed by atoms with van der Waals surface area (Å²) in [6.45, 7) is 0. The monoisotopic (exact) mass is 353 g/mol. The molecule has 1 aliphatic carbocycles. The van der Waals surface area contributed by atoms with Crippen molar-refractivity contribution in [3.63, 3.8) is 0 Å². The fourth-order valence-corrected chi connectivity index (χ4v) is 2.91. The van der Waals surface area contributed by atoms with Gasteiger partial charge in [-0.15, -0.1) is 0 Å². The summed E-state index contributed by atoms with van der Waals surface area (Å²) in [6.07, 6.45) is 7.15. The third kappa shape index (κ3) is 3.01. The van der Waals surface area contributed by atoms with E-state index in [-0.39, 0.29) is 29.4 Å². The Bertz CT molecular complexity index is 945. The van der Waals surface area contributed by atoms with E-state index >= 15 is 4.39 Å². The minimum Gasteiger partial charge on any atom is -0.493 e. The van der Waals surface area contributed by atoms with Crippen molar-refractivity contribution in [3.8, 4) is 28.6 Å². The molecular formula is C18H16FN5O2. The minimum absolute atomic E-state index is 0.0719. The Hall–Kier alpha value is -3.29. The molecule has 132 valence electrons. The van der Waals surface area contributed by atoms with E-state index in [2.05, 4.69) is 19.9 Å². The van der Waals surface area contributed by atoms with Crippen molar-refractivity contribution in [2.24, 2.45) is 0 Å². The molecule has 1 aromatic carbocycles. The van der Waals surface area contributed by atoms with Crippen LogP contribution in [0.5, 0.6) is 17.5 Å². The second-order valence-electron chi connectivity index (χ2n) is 6.12. The van der Waals surface area contributed by atoms with Crippen LogP contribution in [0.25, 0.3) is 11.1 Å². The lowest BCUT2D eigenvalue weighted by Crippen LogP contribution is -2.11. The van der Waals surface area contributed by atoms with Gasteiger partial charge in [0.25, 0.3) is 0 Å². The minimum atomic E-state index is -0.527. The summed E-state index contributed by atoms with van der Waals surface area (Å²) in [5.74, 6) is -0.241. The Morgan fingerprint density at radius 2 is 1.88 bits per heavy atom. The molecule has 0 saturated heterocycles. The second-order valence-corrected chi connectivity index (χ2v) is 6.12. The SMILES string of the molecule is Nc1ncc(-c2ccc(C3CCC3)c(Oc3cc(O)ncn3)c2F)cn1. The number of nitrogens with zero attached hydrogens (tertiary/aromatic N) is 4. The first-order valence-corrected chi connectivity index (χ1v) is 8.21. The second kappa shape index (κ2) is 6.55. The van der Waals surface area contributed by atoms with E-state index in [1.807, 2.05) is 6.07 Å². The number of ether oxygens (including phenoxy) is 1. The van der Waals surface area contributed by atoms with E-state index in [4.69, 9.17) is 10.5 Å². The highest BCUT2D eigenvalue weighted by atomic mass is 19.1. The molecule has 0 aliphatic heterocycles. The number of hydrogen-bond acceptors (Lipinski definition) is 7. The summed E-state index contributed by atoms with van der Waals surface area (Å²) < 4.78 is 21.0. The molecule has 0 radical (unpaired) electrons. The fraction of sp³-hybridized carbons (Fsp3) is 0.222. The highest BCUT2D eigenvalue weighted by Crippen LogP contribution is 2.45. The van der Waals surface area contributed by atoms with Gasteiger partial charge < -0.3 is 15.6 Å². The maximum Gasteiger partial charge on any atom is 0.226 e. The van der Waals surface area contributed by atoms with Crippen LogP contribution in [0.15, 0.2) is 36.9 Å². The third-order valence-corrected chi connectivity index (χ3v) is 4.49. The number of halogens is 1. The molecule has 0 bridgehead atoms. The molecule has 26 heavy (non-hydrogen) atoms. The lowest BCUT2D eigenvalue weighted by atomic mass is 9.79. The predicted octanol–water partition coefficient (Wildman–Crippen LogP) is 3.42. The first-order chi connectivity index (χ1) is 12.6. The zero-order valence-corrected chi connectivity index (χ0v) is 13.8. The van der Waals surface area contributed by atoms with Crippen molar-refractivity contribution in [3.05, 3.63) is 48.3 Å². The van der Waals surface area contributed by atoms with E-state index in [9.17, 15) is 5.11 Å². The molecule has 7 nitrogen and oxygen atoms in total. The molecule has 3 N–H and O–H groups in total. The Balaban J connectivity index is 1.80. The van der Waals surface area contributed by atoms with Crippen molar-refractivity contribution < 1.29 is 14.2 Å². The van der Waals surface area contributed by atoms with Gasteiger partial charge in [0, 0.05) is 29.1 Å². The molecule has 8 heteroatoms. The summed E-state index contributed by atoms with van der Waals surface area (Å²) in [5, 5.41) is 9.50.